The number of nitrogens with two attached hydrogens (primary N) is 3. The summed E-state index contributed by atoms with van der Waals surface area (Å²) in [5.74, 6) is 4.22. The van der Waals surface area contributed by atoms with Gasteiger partial charge in [-0.3, -0.25) is 13.2 Å². The van der Waals surface area contributed by atoms with Crippen molar-refractivity contribution in [2.75, 3.05) is 49.1 Å². The van der Waals surface area contributed by atoms with E-state index in [1.807, 2.05) is 235 Å². The van der Waals surface area contributed by atoms with Crippen LogP contribution in [0.1, 0.15) is 95.5 Å². The number of carbonyl (C=O) groups is 3. The van der Waals surface area contributed by atoms with Crippen LogP contribution in [0, 0.1) is 20.8 Å². The summed E-state index contributed by atoms with van der Waals surface area (Å²) in [5.41, 5.74) is 33.6. The van der Waals surface area contributed by atoms with Gasteiger partial charge in [0.25, 0.3) is 0 Å². The fraction of sp³-hybridized carbons (Fsp3) is 0.169. The number of hydrogen-bond donors (Lipinski definition) is 9. The molecule has 0 aliphatic rings. The summed E-state index contributed by atoms with van der Waals surface area (Å²) in [4.78, 5) is 66.2. The zero-order valence-corrected chi connectivity index (χ0v) is 59.8. The Morgan fingerprint density at radius 2 is 0.663 bits per heavy atom. The Hall–Kier alpha value is -13.2. The molecule has 15 rings (SSSR count). The highest BCUT2D eigenvalue weighted by atomic mass is 16.2. The van der Waals surface area contributed by atoms with Crippen LogP contribution in [0.25, 0.3) is 82.6 Å². The van der Waals surface area contributed by atoms with Crippen LogP contribution in [0.2, 0.25) is 0 Å². The molecule has 0 aliphatic carbocycles. The number of urea groups is 3. The number of nitrogen functional groups attached to an aromatic ring is 3. The Morgan fingerprint density at radius 1 is 0.365 bits per heavy atom. The molecule has 15 aromatic rings. The zero-order valence-electron chi connectivity index (χ0n) is 59.8. The SMILES string of the molecule is Cc1cccc(NC(=O)Nc2ccc(-c3nc(C(C)(C)C)n4ccnc(N)c34)c3ccccc23)c1.Cc1cccc(NC(=O)Nc2ccc(-c3nc(C(C)(C)C)n4ccnc(N)c34)c3ccccc23)c1.Cc1cccc(NC(=O)Nc2ccc(-c3nc(C(C)C)n4ccnc(N)c34)c3ccccc23)c1. The molecule has 0 unspecified atom stereocenters. The van der Waals surface area contributed by atoms with Crippen LogP contribution in [0.4, 0.5) is 66.0 Å². The van der Waals surface area contributed by atoms with Crippen LogP contribution < -0.4 is 49.1 Å². The van der Waals surface area contributed by atoms with Gasteiger partial charge in [-0.15, -0.1) is 0 Å². The van der Waals surface area contributed by atoms with Gasteiger partial charge in [-0.2, -0.15) is 0 Å². The fourth-order valence-corrected chi connectivity index (χ4v) is 13.1. The molecule has 0 spiro atoms. The maximum Gasteiger partial charge on any atom is 0.323 e. The topological polar surface area (TPSA) is 292 Å². The molecule has 21 nitrogen and oxygen atoms in total. The second-order valence-corrected chi connectivity index (χ2v) is 28.1. The first-order valence-electron chi connectivity index (χ1n) is 34.3. The van der Waals surface area contributed by atoms with Crippen LogP contribution >= 0.6 is 0 Å². The van der Waals surface area contributed by atoms with Crippen molar-refractivity contribution in [3.05, 3.63) is 253 Å². The van der Waals surface area contributed by atoms with Gasteiger partial charge in [0.2, 0.25) is 0 Å². The van der Waals surface area contributed by atoms with Gasteiger partial charge in [-0.05, 0) is 108 Å². The van der Waals surface area contributed by atoms with Crippen LogP contribution in [-0.4, -0.2) is 61.2 Å². The Balaban J connectivity index is 0.000000139. The molecular formula is C83H82N18O3. The van der Waals surface area contributed by atoms with Gasteiger partial charge in [0.1, 0.15) is 68.6 Å². The minimum absolute atomic E-state index is 0.194. The number of anilines is 9. The zero-order chi connectivity index (χ0) is 73.3. The van der Waals surface area contributed by atoms with E-state index in [2.05, 4.69) is 102 Å². The lowest BCUT2D eigenvalue weighted by Gasteiger charge is -2.16. The standard InChI is InChI=1S/2C28H28N6O.C27H26N6O/c2*1-17-8-7-9-18(16-17)31-27(35)32-22-13-12-21(19-10-5-6-11-20(19)22)23-24-25(29)30-14-15-34(24)26(33-23)28(2,3)4;1-16(2)26-32-23(24-25(28)29-13-14-33(24)26)21-11-12-22(20-10-5-4-9-19(20)21)31-27(34)30-18-8-6-7-17(3)15-18/h2*5-16H,1-4H3,(H2,29,30)(H2,31,32,35);4-16H,1-3H3,(H2,28,29)(H2,30,31,34). The van der Waals surface area contributed by atoms with Crippen LogP contribution in [0.5, 0.6) is 0 Å². The molecule has 6 heterocycles. The van der Waals surface area contributed by atoms with E-state index in [9.17, 15) is 14.4 Å². The Morgan fingerprint density at radius 3 is 0.971 bits per heavy atom. The highest BCUT2D eigenvalue weighted by Crippen LogP contribution is 2.42. The summed E-state index contributed by atoms with van der Waals surface area (Å²) < 4.78 is 6.06. The van der Waals surface area contributed by atoms with Crippen LogP contribution in [0.3, 0.4) is 0 Å². The molecule has 0 aliphatic heterocycles. The van der Waals surface area contributed by atoms with E-state index < -0.39 is 0 Å². The van der Waals surface area contributed by atoms with E-state index >= 15 is 0 Å². The lowest BCUT2D eigenvalue weighted by molar-refractivity contribution is 0.261. The fourth-order valence-electron chi connectivity index (χ4n) is 13.1. The van der Waals surface area contributed by atoms with E-state index in [0.29, 0.717) is 34.5 Å². The van der Waals surface area contributed by atoms with Crippen molar-refractivity contribution in [1.29, 1.82) is 0 Å². The first kappa shape index (κ1) is 69.3. The number of aryl methyl sites for hydroxylation is 3. The van der Waals surface area contributed by atoms with Gasteiger partial charge in [-0.25, -0.2) is 44.3 Å². The second kappa shape index (κ2) is 28.5. The maximum absolute atomic E-state index is 12.8. The molecule has 104 heavy (non-hydrogen) atoms. The normalized spacial score (nSPS) is 11.5. The van der Waals surface area contributed by atoms with Gasteiger partial charge < -0.3 is 49.1 Å². The second-order valence-electron chi connectivity index (χ2n) is 28.1. The molecular weight excluding hydrogens is 1300 g/mol. The number of nitrogens with zero attached hydrogens (tertiary/aromatic N) is 9. The maximum atomic E-state index is 12.8. The van der Waals surface area contributed by atoms with Crippen molar-refractivity contribution in [2.24, 2.45) is 0 Å². The van der Waals surface area contributed by atoms with Gasteiger partial charge in [0.05, 0.1) is 17.1 Å². The van der Waals surface area contributed by atoms with Crippen LogP contribution in [-0.2, 0) is 10.8 Å². The lowest BCUT2D eigenvalue weighted by atomic mass is 9.96. The van der Waals surface area contributed by atoms with Crippen molar-refractivity contribution >= 4 is 119 Å². The van der Waals surface area contributed by atoms with Crippen LogP contribution in [0.15, 0.2) is 219 Å². The highest BCUT2D eigenvalue weighted by molar-refractivity contribution is 6.14. The number of hydrogen-bond acceptors (Lipinski definition) is 12. The smallest absolute Gasteiger partial charge is 0.323 e. The van der Waals surface area contributed by atoms with Gasteiger partial charge in [-0.1, -0.05) is 183 Å². The average Bonchev–Trinajstić information content (AvgIpc) is 1.57. The van der Waals surface area contributed by atoms with Crippen molar-refractivity contribution in [2.45, 2.75) is 92.9 Å². The minimum Gasteiger partial charge on any atom is -0.382 e. The summed E-state index contributed by atoms with van der Waals surface area (Å²) >= 11 is 0. The Kier molecular flexibility index (Phi) is 19.0. The third kappa shape index (κ3) is 14.3. The molecule has 21 heteroatoms. The number of carbonyl (C=O) groups excluding carboxylic acids is 3. The summed E-state index contributed by atoms with van der Waals surface area (Å²) in [6, 6.07) is 57.7. The highest BCUT2D eigenvalue weighted by Gasteiger charge is 2.29. The number of fused-ring (bicyclic) bond motifs is 6. The monoisotopic (exact) mass is 1380 g/mol. The largest absolute Gasteiger partial charge is 0.382 e. The summed E-state index contributed by atoms with van der Waals surface area (Å²) in [6.07, 6.45) is 10.8. The summed E-state index contributed by atoms with van der Waals surface area (Å²) in [6.45, 7) is 22.9. The molecule has 12 N–H and O–H groups in total. The Bertz CT molecular complexity index is 5580. The van der Waals surface area contributed by atoms with E-state index in [4.69, 9.17) is 32.2 Å². The molecule has 6 amide bonds. The number of rotatable bonds is 10. The van der Waals surface area contributed by atoms with Crippen molar-refractivity contribution in [3.8, 4) is 33.8 Å². The number of imidazole rings is 3. The number of amides is 6. The van der Waals surface area contributed by atoms with Crippen molar-refractivity contribution < 1.29 is 14.4 Å². The number of aromatic nitrogens is 9. The van der Waals surface area contributed by atoms with E-state index in [-0.39, 0.29) is 34.8 Å². The minimum atomic E-state index is -0.301. The third-order valence-corrected chi connectivity index (χ3v) is 17.7. The van der Waals surface area contributed by atoms with E-state index in [1.54, 1.807) is 18.6 Å². The van der Waals surface area contributed by atoms with Crippen molar-refractivity contribution in [1.82, 2.24) is 43.1 Å². The molecule has 0 saturated heterocycles. The lowest BCUT2D eigenvalue weighted by Crippen LogP contribution is -2.19. The van der Waals surface area contributed by atoms with Gasteiger partial charge in [0.15, 0.2) is 0 Å². The molecule has 9 aromatic carbocycles. The van der Waals surface area contributed by atoms with E-state index in [1.165, 1.54) is 0 Å². The molecule has 0 fully saturated rings. The predicted octanol–water partition coefficient (Wildman–Crippen LogP) is 19.0. The number of nitrogens with one attached hydrogen (secondary N) is 6. The molecule has 6 aromatic heterocycles. The molecule has 0 saturated carbocycles. The first-order chi connectivity index (χ1) is 49.9. The Labute approximate surface area is 602 Å². The third-order valence-electron chi connectivity index (χ3n) is 17.7. The van der Waals surface area contributed by atoms with E-state index in [0.717, 1.165) is 134 Å². The molecule has 522 valence electrons. The van der Waals surface area contributed by atoms with Gasteiger partial charge in [0, 0.05) is 104 Å². The number of benzene rings is 9. The summed E-state index contributed by atoms with van der Waals surface area (Å²) in [5, 5.41) is 23.3. The predicted molar refractivity (Wildman–Crippen MR) is 424 cm³/mol. The average molecular weight is 1380 g/mol. The quantitative estimate of drug-likeness (QED) is 0.0618. The van der Waals surface area contributed by atoms with Crippen molar-refractivity contribution in [3.63, 3.8) is 0 Å². The summed E-state index contributed by atoms with van der Waals surface area (Å²) in [7, 11) is 0. The van der Waals surface area contributed by atoms with Gasteiger partial charge >= 0.3 is 18.1 Å². The molecule has 0 atom stereocenters. The molecule has 0 radical (unpaired) electrons. The first-order valence-corrected chi connectivity index (χ1v) is 34.3. The molecule has 0 bridgehead atoms.